The van der Waals surface area contributed by atoms with Crippen molar-refractivity contribution in [3.05, 3.63) is 28.2 Å². The highest BCUT2D eigenvalue weighted by Gasteiger charge is 2.31. The number of aromatic nitrogens is 1. The molecule has 152 valence electrons. The summed E-state index contributed by atoms with van der Waals surface area (Å²) in [5.41, 5.74) is 0.933. The molecule has 28 heavy (non-hydrogen) atoms. The van der Waals surface area contributed by atoms with Crippen molar-refractivity contribution in [3.8, 4) is 0 Å². The van der Waals surface area contributed by atoms with E-state index in [0.717, 1.165) is 53.7 Å². The maximum Gasteiger partial charge on any atom is 0.223 e. The first-order valence-corrected chi connectivity index (χ1v) is 12.9. The number of fused-ring (bicyclic) bond motifs is 1. The minimum atomic E-state index is -3.13. The normalized spacial score (nSPS) is 19.5. The van der Waals surface area contributed by atoms with Crippen LogP contribution in [-0.2, 0) is 14.6 Å². The van der Waals surface area contributed by atoms with E-state index in [1.165, 1.54) is 0 Å². The fourth-order valence-electron chi connectivity index (χ4n) is 4.27. The first kappa shape index (κ1) is 20.1. The monoisotopic (exact) mass is 440 g/mol. The zero-order valence-corrected chi connectivity index (χ0v) is 18.2. The number of piperidine rings is 1. The Kier molecular flexibility index (Phi) is 5.95. The Hall–Kier alpha value is -1.18. The van der Waals surface area contributed by atoms with Crippen molar-refractivity contribution in [2.45, 2.75) is 56.1 Å². The molecule has 1 aromatic carbocycles. The smallest absolute Gasteiger partial charge is 0.223 e. The molecule has 0 bridgehead atoms. The molecular weight excluding hydrogens is 416 g/mol. The lowest BCUT2D eigenvalue weighted by atomic mass is 9.97. The lowest BCUT2D eigenvalue weighted by molar-refractivity contribution is -0.131. The molecule has 2 fully saturated rings. The second kappa shape index (κ2) is 8.28. The van der Waals surface area contributed by atoms with Crippen molar-refractivity contribution in [1.29, 1.82) is 0 Å². The van der Waals surface area contributed by atoms with Crippen molar-refractivity contribution < 1.29 is 13.2 Å². The molecule has 1 aromatic heterocycles. The molecule has 1 saturated carbocycles. The summed E-state index contributed by atoms with van der Waals surface area (Å²) < 4.78 is 25.9. The van der Waals surface area contributed by atoms with Gasteiger partial charge < -0.3 is 4.90 Å². The number of rotatable bonds is 5. The van der Waals surface area contributed by atoms with Crippen LogP contribution in [-0.4, -0.2) is 48.3 Å². The Morgan fingerprint density at radius 1 is 1.18 bits per heavy atom. The van der Waals surface area contributed by atoms with Crippen LogP contribution in [0.5, 0.6) is 0 Å². The number of nitrogens with zero attached hydrogens (tertiary/aromatic N) is 2. The van der Waals surface area contributed by atoms with Gasteiger partial charge in [-0.15, -0.1) is 11.3 Å². The van der Waals surface area contributed by atoms with Crippen LogP contribution in [0.4, 0.5) is 0 Å². The molecule has 0 unspecified atom stereocenters. The summed E-state index contributed by atoms with van der Waals surface area (Å²) in [5.74, 6) is 0.313. The number of halogens is 1. The SMILES string of the molecule is O=C(CCS(=O)(=O)C1CCCC1)N1CCC(c2nc3cc(Cl)ccc3s2)CC1. The third-order valence-electron chi connectivity index (χ3n) is 5.97. The van der Waals surface area contributed by atoms with Gasteiger partial charge in [-0.05, 0) is 43.9 Å². The largest absolute Gasteiger partial charge is 0.343 e. The van der Waals surface area contributed by atoms with Gasteiger partial charge in [-0.3, -0.25) is 4.79 Å². The summed E-state index contributed by atoms with van der Waals surface area (Å²) in [4.78, 5) is 19.1. The molecule has 1 saturated heterocycles. The minimum absolute atomic E-state index is 0.00490. The maximum atomic E-state index is 12.5. The summed E-state index contributed by atoms with van der Waals surface area (Å²) in [5, 5.41) is 1.57. The lowest BCUT2D eigenvalue weighted by Crippen LogP contribution is -2.39. The van der Waals surface area contributed by atoms with Crippen LogP contribution in [0.2, 0.25) is 5.02 Å². The van der Waals surface area contributed by atoms with Gasteiger partial charge in [0.15, 0.2) is 9.84 Å². The second-order valence-electron chi connectivity index (χ2n) is 7.84. The standard InChI is InChI=1S/C20H25ClN2O3S2/c21-15-5-6-18-17(13-15)22-20(27-18)14-7-10-23(11-8-14)19(24)9-12-28(25,26)16-3-1-2-4-16/h5-6,13-14,16H,1-4,7-12H2. The number of hydrogen-bond donors (Lipinski definition) is 0. The minimum Gasteiger partial charge on any atom is -0.343 e. The Labute approximate surface area is 175 Å². The molecule has 5 nitrogen and oxygen atoms in total. The highest BCUT2D eigenvalue weighted by molar-refractivity contribution is 7.92. The third kappa shape index (κ3) is 4.36. The maximum absolute atomic E-state index is 12.5. The lowest BCUT2D eigenvalue weighted by Gasteiger charge is -2.31. The summed E-state index contributed by atoms with van der Waals surface area (Å²) in [6.45, 7) is 1.34. The van der Waals surface area contributed by atoms with Crippen LogP contribution in [0.15, 0.2) is 18.2 Å². The molecule has 1 aliphatic carbocycles. The van der Waals surface area contributed by atoms with E-state index in [1.807, 2.05) is 23.1 Å². The summed E-state index contributed by atoms with van der Waals surface area (Å²) in [7, 11) is -3.13. The number of carbonyl (C=O) groups excluding carboxylic acids is 1. The molecular formula is C20H25ClN2O3S2. The number of amides is 1. The summed E-state index contributed by atoms with van der Waals surface area (Å²) in [6, 6.07) is 5.77. The van der Waals surface area contributed by atoms with E-state index in [2.05, 4.69) is 0 Å². The highest BCUT2D eigenvalue weighted by Crippen LogP contribution is 2.35. The highest BCUT2D eigenvalue weighted by atomic mass is 35.5. The van der Waals surface area contributed by atoms with E-state index in [-0.39, 0.29) is 23.3 Å². The molecule has 0 atom stereocenters. The molecule has 0 spiro atoms. The Morgan fingerprint density at radius 3 is 2.61 bits per heavy atom. The number of thiazole rings is 1. The fraction of sp³-hybridized carbons (Fsp3) is 0.600. The number of benzene rings is 1. The van der Waals surface area contributed by atoms with E-state index in [9.17, 15) is 13.2 Å². The zero-order valence-electron chi connectivity index (χ0n) is 15.8. The summed E-state index contributed by atoms with van der Waals surface area (Å²) in [6.07, 6.45) is 5.35. The fourth-order valence-corrected chi connectivity index (χ4v) is 7.40. The quantitative estimate of drug-likeness (QED) is 0.690. The predicted octanol–water partition coefficient (Wildman–Crippen LogP) is 4.40. The van der Waals surface area contributed by atoms with Crippen LogP contribution < -0.4 is 0 Å². The van der Waals surface area contributed by atoms with Gasteiger partial charge in [-0.2, -0.15) is 0 Å². The number of carbonyl (C=O) groups is 1. The van der Waals surface area contributed by atoms with Gasteiger partial charge in [0.25, 0.3) is 0 Å². The van der Waals surface area contributed by atoms with Gasteiger partial charge >= 0.3 is 0 Å². The first-order valence-electron chi connectivity index (χ1n) is 9.98. The topological polar surface area (TPSA) is 67.3 Å². The molecule has 2 aliphatic rings. The molecule has 4 rings (SSSR count). The van der Waals surface area contributed by atoms with E-state index in [1.54, 1.807) is 11.3 Å². The van der Waals surface area contributed by atoms with Gasteiger partial charge in [0.05, 0.1) is 26.2 Å². The molecule has 0 radical (unpaired) electrons. The van der Waals surface area contributed by atoms with Crippen molar-refractivity contribution in [3.63, 3.8) is 0 Å². The Balaban J connectivity index is 1.31. The van der Waals surface area contributed by atoms with Crippen LogP contribution in [0.25, 0.3) is 10.2 Å². The Morgan fingerprint density at radius 2 is 1.89 bits per heavy atom. The molecule has 2 heterocycles. The summed E-state index contributed by atoms with van der Waals surface area (Å²) >= 11 is 7.75. The Bertz CT molecular complexity index is 959. The van der Waals surface area contributed by atoms with Crippen LogP contribution in [0.1, 0.15) is 55.9 Å². The van der Waals surface area contributed by atoms with Crippen molar-refractivity contribution in [2.75, 3.05) is 18.8 Å². The van der Waals surface area contributed by atoms with Gasteiger partial charge in [-0.1, -0.05) is 24.4 Å². The second-order valence-corrected chi connectivity index (χ2v) is 11.7. The van der Waals surface area contributed by atoms with Crippen LogP contribution in [0, 0.1) is 0 Å². The molecule has 1 aliphatic heterocycles. The molecule has 0 N–H and O–H groups in total. The zero-order chi connectivity index (χ0) is 19.7. The molecule has 1 amide bonds. The van der Waals surface area contributed by atoms with E-state index < -0.39 is 9.84 Å². The van der Waals surface area contributed by atoms with Crippen LogP contribution >= 0.6 is 22.9 Å². The molecule has 8 heteroatoms. The van der Waals surface area contributed by atoms with Gasteiger partial charge in [0.2, 0.25) is 5.91 Å². The van der Waals surface area contributed by atoms with Gasteiger partial charge in [0.1, 0.15) is 0 Å². The first-order chi connectivity index (χ1) is 13.4. The average Bonchev–Trinajstić information content (AvgIpc) is 3.36. The number of hydrogen-bond acceptors (Lipinski definition) is 5. The number of sulfone groups is 1. The van der Waals surface area contributed by atoms with Crippen LogP contribution in [0.3, 0.4) is 0 Å². The number of likely N-dealkylation sites (tertiary alicyclic amines) is 1. The van der Waals surface area contributed by atoms with Crippen molar-refractivity contribution >= 4 is 48.9 Å². The predicted molar refractivity (Wildman–Crippen MR) is 114 cm³/mol. The van der Waals surface area contributed by atoms with Crippen molar-refractivity contribution in [1.82, 2.24) is 9.88 Å². The van der Waals surface area contributed by atoms with E-state index >= 15 is 0 Å². The molecule has 2 aromatic rings. The third-order valence-corrected chi connectivity index (χ3v) is 9.67. The average molecular weight is 441 g/mol. The van der Waals surface area contributed by atoms with E-state index in [0.29, 0.717) is 24.0 Å². The van der Waals surface area contributed by atoms with Gasteiger partial charge in [0, 0.05) is 30.5 Å². The van der Waals surface area contributed by atoms with Gasteiger partial charge in [-0.25, -0.2) is 13.4 Å². The van der Waals surface area contributed by atoms with Crippen molar-refractivity contribution in [2.24, 2.45) is 0 Å². The van der Waals surface area contributed by atoms with E-state index in [4.69, 9.17) is 16.6 Å².